The Balaban J connectivity index is 2.16. The lowest BCUT2D eigenvalue weighted by Crippen LogP contribution is -2.11. The summed E-state index contributed by atoms with van der Waals surface area (Å²) in [6.45, 7) is 0.128. The van der Waals surface area contributed by atoms with Gasteiger partial charge in [-0.05, 0) is 36.4 Å². The quantitative estimate of drug-likeness (QED) is 0.765. The third-order valence-electron chi connectivity index (χ3n) is 3.46. The van der Waals surface area contributed by atoms with Gasteiger partial charge in [-0.1, -0.05) is 17.3 Å². The van der Waals surface area contributed by atoms with Gasteiger partial charge >= 0.3 is 0 Å². The van der Waals surface area contributed by atoms with Gasteiger partial charge in [0.25, 0.3) is 0 Å². The first-order valence-electron chi connectivity index (χ1n) is 6.91. The van der Waals surface area contributed by atoms with Crippen molar-refractivity contribution in [1.82, 2.24) is 15.0 Å². The molecular weight excluding hydrogens is 297 g/mol. The van der Waals surface area contributed by atoms with E-state index in [2.05, 4.69) is 10.3 Å². The molecule has 0 unspecified atom stereocenters. The van der Waals surface area contributed by atoms with Crippen LogP contribution in [0, 0.1) is 5.82 Å². The molecule has 0 atom stereocenters. The van der Waals surface area contributed by atoms with Gasteiger partial charge in [0.15, 0.2) is 0 Å². The summed E-state index contributed by atoms with van der Waals surface area (Å²) in [5.41, 5.74) is 13.2. The average Bonchev–Trinajstić information content (AvgIpc) is 2.99. The molecule has 0 aliphatic rings. The van der Waals surface area contributed by atoms with Crippen LogP contribution < -0.4 is 11.5 Å². The van der Waals surface area contributed by atoms with Gasteiger partial charge in [0.05, 0.1) is 5.69 Å². The van der Waals surface area contributed by atoms with Crippen LogP contribution >= 0.6 is 0 Å². The van der Waals surface area contributed by atoms with Gasteiger partial charge in [0.2, 0.25) is 5.91 Å². The molecule has 3 rings (SSSR count). The number of carbonyl (C=O) groups is 1. The van der Waals surface area contributed by atoms with Crippen LogP contribution in [0.5, 0.6) is 0 Å². The van der Waals surface area contributed by atoms with Crippen molar-refractivity contribution in [3.63, 3.8) is 0 Å². The third kappa shape index (κ3) is 2.69. The molecule has 0 saturated carbocycles. The third-order valence-corrected chi connectivity index (χ3v) is 3.46. The molecule has 0 fully saturated rings. The second-order valence-electron chi connectivity index (χ2n) is 4.89. The maximum atomic E-state index is 14.2. The highest BCUT2D eigenvalue weighted by Crippen LogP contribution is 2.27. The Morgan fingerprint density at radius 1 is 1.13 bits per heavy atom. The molecule has 1 heterocycles. The minimum atomic E-state index is -0.521. The Labute approximate surface area is 131 Å². The molecule has 0 spiro atoms. The molecule has 116 valence electrons. The average molecular weight is 311 g/mol. The molecule has 6 nitrogen and oxygen atoms in total. The molecule has 0 aliphatic carbocycles. The highest BCUT2D eigenvalue weighted by atomic mass is 19.1. The van der Waals surface area contributed by atoms with E-state index >= 15 is 0 Å². The van der Waals surface area contributed by atoms with E-state index in [9.17, 15) is 9.18 Å². The highest BCUT2D eigenvalue weighted by Gasteiger charge is 2.18. The molecule has 1 amide bonds. The zero-order valence-electron chi connectivity index (χ0n) is 12.1. The maximum Gasteiger partial charge on any atom is 0.248 e. The molecular formula is C16H14FN5O. The number of carbonyl (C=O) groups excluding carboxylic acids is 1. The van der Waals surface area contributed by atoms with Crippen LogP contribution in [-0.2, 0) is 6.54 Å². The Morgan fingerprint density at radius 2 is 1.83 bits per heavy atom. The van der Waals surface area contributed by atoms with E-state index in [1.54, 1.807) is 42.5 Å². The fraction of sp³-hybridized carbons (Fsp3) is 0.0625. The summed E-state index contributed by atoms with van der Waals surface area (Å²) in [6.07, 6.45) is 0. The summed E-state index contributed by atoms with van der Waals surface area (Å²) in [4.78, 5) is 11.2. The molecule has 3 aromatic rings. The normalized spacial score (nSPS) is 10.7. The molecule has 2 aromatic carbocycles. The molecule has 0 bridgehead atoms. The molecule has 0 radical (unpaired) electrons. The first kappa shape index (κ1) is 14.9. The summed E-state index contributed by atoms with van der Waals surface area (Å²) >= 11 is 0. The van der Waals surface area contributed by atoms with E-state index in [0.29, 0.717) is 28.2 Å². The van der Waals surface area contributed by atoms with Gasteiger partial charge in [-0.15, -0.1) is 5.10 Å². The predicted octanol–water partition coefficient (Wildman–Crippen LogP) is 1.63. The Kier molecular flexibility index (Phi) is 3.86. The zero-order valence-corrected chi connectivity index (χ0v) is 12.1. The summed E-state index contributed by atoms with van der Waals surface area (Å²) in [5, 5.41) is 8.07. The van der Waals surface area contributed by atoms with Crippen molar-refractivity contribution in [2.24, 2.45) is 11.5 Å². The summed E-state index contributed by atoms with van der Waals surface area (Å²) in [5.74, 6) is -0.911. The van der Waals surface area contributed by atoms with Crippen LogP contribution in [0.4, 0.5) is 4.39 Å². The van der Waals surface area contributed by atoms with Gasteiger partial charge in [-0.25, -0.2) is 9.07 Å². The number of benzene rings is 2. The molecule has 1 aromatic heterocycles. The van der Waals surface area contributed by atoms with E-state index in [0.717, 1.165) is 0 Å². The minimum absolute atomic E-state index is 0.128. The van der Waals surface area contributed by atoms with Crippen LogP contribution in [0.25, 0.3) is 16.9 Å². The molecule has 7 heteroatoms. The van der Waals surface area contributed by atoms with E-state index < -0.39 is 5.91 Å². The predicted molar refractivity (Wildman–Crippen MR) is 83.2 cm³/mol. The van der Waals surface area contributed by atoms with Crippen LogP contribution in [0.15, 0.2) is 48.5 Å². The summed E-state index contributed by atoms with van der Waals surface area (Å²) in [7, 11) is 0. The van der Waals surface area contributed by atoms with Gasteiger partial charge in [0.1, 0.15) is 17.2 Å². The van der Waals surface area contributed by atoms with Gasteiger partial charge in [-0.2, -0.15) is 0 Å². The fourth-order valence-electron chi connectivity index (χ4n) is 2.32. The Morgan fingerprint density at radius 3 is 2.43 bits per heavy atom. The lowest BCUT2D eigenvalue weighted by atomic mass is 10.1. The van der Waals surface area contributed by atoms with Crippen molar-refractivity contribution in [3.05, 3.63) is 65.6 Å². The first-order valence-corrected chi connectivity index (χ1v) is 6.91. The summed E-state index contributed by atoms with van der Waals surface area (Å²) in [6, 6.07) is 12.8. The largest absolute Gasteiger partial charge is 0.366 e. The number of amides is 1. The van der Waals surface area contributed by atoms with Gasteiger partial charge in [-0.3, -0.25) is 4.79 Å². The van der Waals surface area contributed by atoms with Crippen LogP contribution in [-0.4, -0.2) is 20.9 Å². The molecule has 4 N–H and O–H groups in total. The zero-order chi connectivity index (χ0) is 16.4. The molecule has 0 aliphatic heterocycles. The smallest absolute Gasteiger partial charge is 0.248 e. The second-order valence-corrected chi connectivity index (χ2v) is 4.89. The standard InChI is InChI=1S/C16H14FN5O/c17-13-4-2-1-3-12(13)15-14(9-18)20-21-22(15)11-7-5-10(6-8-11)16(19)23/h1-8H,9,18H2,(H2,19,23). The van der Waals surface area contributed by atoms with Crippen molar-refractivity contribution in [3.8, 4) is 16.9 Å². The topological polar surface area (TPSA) is 99.8 Å². The van der Waals surface area contributed by atoms with E-state index in [-0.39, 0.29) is 12.4 Å². The number of nitrogens with two attached hydrogens (primary N) is 2. The molecule has 23 heavy (non-hydrogen) atoms. The maximum absolute atomic E-state index is 14.2. The van der Waals surface area contributed by atoms with Crippen molar-refractivity contribution in [2.75, 3.05) is 0 Å². The SMILES string of the molecule is NCc1nnn(-c2ccc(C(N)=O)cc2)c1-c1ccccc1F. The van der Waals surface area contributed by atoms with E-state index in [1.807, 2.05) is 0 Å². The number of hydrogen-bond acceptors (Lipinski definition) is 4. The number of rotatable bonds is 4. The molecule has 0 saturated heterocycles. The van der Waals surface area contributed by atoms with Crippen molar-refractivity contribution >= 4 is 5.91 Å². The van der Waals surface area contributed by atoms with Crippen molar-refractivity contribution in [1.29, 1.82) is 0 Å². The van der Waals surface area contributed by atoms with Crippen LogP contribution in [0.1, 0.15) is 16.1 Å². The summed E-state index contributed by atoms with van der Waals surface area (Å²) < 4.78 is 15.7. The van der Waals surface area contributed by atoms with E-state index in [4.69, 9.17) is 11.5 Å². The van der Waals surface area contributed by atoms with Crippen molar-refractivity contribution < 1.29 is 9.18 Å². The fourth-order valence-corrected chi connectivity index (χ4v) is 2.32. The number of hydrogen-bond donors (Lipinski definition) is 2. The van der Waals surface area contributed by atoms with E-state index in [1.165, 1.54) is 10.7 Å². The number of aromatic nitrogens is 3. The Bertz CT molecular complexity index is 857. The lowest BCUT2D eigenvalue weighted by molar-refractivity contribution is 0.100. The van der Waals surface area contributed by atoms with Crippen LogP contribution in [0.3, 0.4) is 0 Å². The first-order chi connectivity index (χ1) is 11.1. The minimum Gasteiger partial charge on any atom is -0.366 e. The van der Waals surface area contributed by atoms with Gasteiger partial charge < -0.3 is 11.5 Å². The van der Waals surface area contributed by atoms with Crippen molar-refractivity contribution in [2.45, 2.75) is 6.54 Å². The highest BCUT2D eigenvalue weighted by molar-refractivity contribution is 5.92. The number of primary amides is 1. The Hall–Kier alpha value is -3.06. The van der Waals surface area contributed by atoms with Gasteiger partial charge in [0, 0.05) is 17.7 Å². The number of halogens is 1. The lowest BCUT2D eigenvalue weighted by Gasteiger charge is -2.09. The van der Waals surface area contributed by atoms with Crippen LogP contribution in [0.2, 0.25) is 0 Å². The monoisotopic (exact) mass is 311 g/mol. The number of nitrogens with zero attached hydrogens (tertiary/aromatic N) is 3. The second kappa shape index (κ2) is 5.98.